The molecule has 28 heavy (non-hydrogen) atoms. The van der Waals surface area contributed by atoms with E-state index >= 15 is 0 Å². The highest BCUT2D eigenvalue weighted by atomic mass is 16.3. The number of furan rings is 1. The summed E-state index contributed by atoms with van der Waals surface area (Å²) in [5.74, 6) is 0. The van der Waals surface area contributed by atoms with Gasteiger partial charge in [0.1, 0.15) is 5.58 Å². The lowest BCUT2D eigenvalue weighted by Gasteiger charge is -2.06. The average molecular weight is 369 g/mol. The van der Waals surface area contributed by atoms with E-state index in [4.69, 9.17) is 11.3 Å². The largest absolute Gasteiger partial charge is 0.454 e. The van der Waals surface area contributed by atoms with E-state index in [2.05, 4.69) is 9.97 Å². The lowest BCUT2D eigenvalue weighted by molar-refractivity contribution is 0.662. The second kappa shape index (κ2) is 6.61. The Morgan fingerprint density at radius 1 is 0.964 bits per heavy atom. The van der Waals surface area contributed by atoms with Gasteiger partial charge in [-0.15, -0.1) is 0 Å². The monoisotopic (exact) mass is 369 g/mol. The van der Waals surface area contributed by atoms with Gasteiger partial charge in [0.2, 0.25) is 0 Å². The van der Waals surface area contributed by atoms with Crippen LogP contribution in [-0.4, -0.2) is 9.97 Å². The zero-order chi connectivity index (χ0) is 23.4. The van der Waals surface area contributed by atoms with Gasteiger partial charge in [-0.25, -0.2) is 0 Å². The molecule has 0 amide bonds. The van der Waals surface area contributed by atoms with Crippen molar-refractivity contribution >= 4 is 21.9 Å². The fraction of sp³-hybridized carbons (Fsp3) is 0.120. The highest BCUT2D eigenvalue weighted by molar-refractivity contribution is 6.06. The van der Waals surface area contributed by atoms with Crippen LogP contribution in [0.5, 0.6) is 0 Å². The molecule has 0 bridgehead atoms. The number of aryl methyl sites for hydroxylation is 2. The zero-order valence-electron chi connectivity index (χ0n) is 20.2. The second-order valence-corrected chi connectivity index (χ2v) is 6.70. The Labute approximate surface area is 170 Å². The van der Waals surface area contributed by atoms with Gasteiger partial charge in [0.15, 0.2) is 5.58 Å². The van der Waals surface area contributed by atoms with Crippen LogP contribution in [0, 0.1) is 13.8 Å². The number of aromatic nitrogens is 2. The molecule has 0 N–H and O–H groups in total. The van der Waals surface area contributed by atoms with E-state index in [1.165, 1.54) is 0 Å². The molecule has 0 fully saturated rings. The molecule has 0 saturated heterocycles. The first-order valence-corrected chi connectivity index (χ1v) is 9.01. The van der Waals surface area contributed by atoms with Crippen LogP contribution in [0.4, 0.5) is 0 Å². The highest BCUT2D eigenvalue weighted by Gasteiger charge is 2.12. The fourth-order valence-corrected chi connectivity index (χ4v) is 3.44. The first-order valence-electron chi connectivity index (χ1n) is 11.5. The molecule has 0 aliphatic rings. The van der Waals surface area contributed by atoms with Crippen molar-refractivity contribution in [3.63, 3.8) is 0 Å². The Balaban J connectivity index is 1.64. The smallest absolute Gasteiger partial charge is 0.156 e. The highest BCUT2D eigenvalue weighted by Crippen LogP contribution is 2.33. The number of fused-ring (bicyclic) bond motifs is 3. The van der Waals surface area contributed by atoms with Gasteiger partial charge in [-0.05, 0) is 67.7 Å². The van der Waals surface area contributed by atoms with E-state index in [9.17, 15) is 0 Å². The van der Waals surface area contributed by atoms with Crippen LogP contribution in [0.2, 0.25) is 0 Å². The minimum Gasteiger partial charge on any atom is -0.454 e. The number of hydrogen-bond donors (Lipinski definition) is 0. The van der Waals surface area contributed by atoms with Gasteiger partial charge < -0.3 is 4.42 Å². The predicted molar refractivity (Wildman–Crippen MR) is 113 cm³/mol. The average Bonchev–Trinajstić information content (AvgIpc) is 3.18. The third-order valence-electron chi connectivity index (χ3n) is 4.74. The lowest BCUT2D eigenvalue weighted by atomic mass is 10.0. The van der Waals surface area contributed by atoms with Gasteiger partial charge in [0, 0.05) is 35.1 Å². The van der Waals surface area contributed by atoms with E-state index in [1.54, 1.807) is 43.5 Å². The number of hydrogen-bond acceptors (Lipinski definition) is 3. The summed E-state index contributed by atoms with van der Waals surface area (Å²) >= 11 is 0. The molecular formula is C25H20N2O. The first kappa shape index (κ1) is 12.1. The molecule has 0 aliphatic carbocycles. The van der Waals surface area contributed by atoms with Gasteiger partial charge in [-0.1, -0.05) is 30.3 Å². The minimum absolute atomic E-state index is 0.0248. The van der Waals surface area contributed by atoms with Gasteiger partial charge >= 0.3 is 0 Å². The molecule has 3 heterocycles. The van der Waals surface area contributed by atoms with Crippen molar-refractivity contribution in [2.45, 2.75) is 20.1 Å². The molecular weight excluding hydrogens is 344 g/mol. The number of pyridine rings is 2. The van der Waals surface area contributed by atoms with Gasteiger partial charge in [-0.3, -0.25) is 9.97 Å². The van der Waals surface area contributed by atoms with Crippen LogP contribution in [0.15, 0.2) is 77.3 Å². The Morgan fingerprint density at radius 2 is 1.86 bits per heavy atom. The molecule has 3 nitrogen and oxygen atoms in total. The van der Waals surface area contributed by atoms with Crippen molar-refractivity contribution in [3.8, 4) is 11.3 Å². The van der Waals surface area contributed by atoms with E-state index in [0.29, 0.717) is 39.1 Å². The Morgan fingerprint density at radius 3 is 2.71 bits per heavy atom. The van der Waals surface area contributed by atoms with Gasteiger partial charge in [-0.2, -0.15) is 0 Å². The molecule has 0 aliphatic heterocycles. The molecule has 5 aromatic rings. The van der Waals surface area contributed by atoms with E-state index < -0.39 is 13.2 Å². The standard InChI is InChI=1S/C25H20N2O/c1-16-12-22-21-15-20(8-9-24(21)28-25(22)17(2)27-16)23-14-19(10-11-26-23)13-18-6-4-3-5-7-18/h3-12,14-15H,13H2,1-2H3/i1D3,13D2. The maximum absolute atomic E-state index is 8.65. The molecule has 0 unspecified atom stereocenters. The molecule has 5 rings (SSSR count). The molecule has 3 aromatic heterocycles. The second-order valence-electron chi connectivity index (χ2n) is 6.70. The van der Waals surface area contributed by atoms with Crippen molar-refractivity contribution in [1.82, 2.24) is 9.97 Å². The van der Waals surface area contributed by atoms with Crippen LogP contribution in [0.1, 0.15) is 29.4 Å². The maximum Gasteiger partial charge on any atom is 0.156 e. The molecule has 0 saturated carbocycles. The lowest BCUT2D eigenvalue weighted by Crippen LogP contribution is -1.91. The van der Waals surface area contributed by atoms with E-state index in [1.807, 2.05) is 36.4 Å². The fourth-order valence-electron chi connectivity index (χ4n) is 3.44. The third-order valence-corrected chi connectivity index (χ3v) is 4.74. The van der Waals surface area contributed by atoms with Crippen LogP contribution in [0.3, 0.4) is 0 Å². The zero-order valence-corrected chi connectivity index (χ0v) is 15.2. The normalized spacial score (nSPS) is 15.0. The summed E-state index contributed by atoms with van der Waals surface area (Å²) in [4.78, 5) is 8.67. The molecule has 0 atom stereocenters. The van der Waals surface area contributed by atoms with Crippen molar-refractivity contribution in [2.24, 2.45) is 0 Å². The molecule has 2 aromatic carbocycles. The maximum atomic E-state index is 8.65. The van der Waals surface area contributed by atoms with Crippen LogP contribution in [-0.2, 0) is 6.37 Å². The van der Waals surface area contributed by atoms with Crippen molar-refractivity contribution < 1.29 is 11.3 Å². The van der Waals surface area contributed by atoms with Gasteiger partial charge in [0.05, 0.1) is 11.4 Å². The summed E-state index contributed by atoms with van der Waals surface area (Å²) < 4.78 is 46.4. The summed E-state index contributed by atoms with van der Waals surface area (Å²) in [6.45, 7) is -0.587. The molecule has 3 heteroatoms. The van der Waals surface area contributed by atoms with Crippen molar-refractivity contribution in [1.29, 1.82) is 0 Å². The van der Waals surface area contributed by atoms with Crippen LogP contribution >= 0.6 is 0 Å². The summed E-state index contributed by atoms with van der Waals surface area (Å²) in [5.41, 5.74) is 4.18. The first-order chi connectivity index (χ1) is 15.6. The molecule has 136 valence electrons. The van der Waals surface area contributed by atoms with Crippen LogP contribution < -0.4 is 0 Å². The van der Waals surface area contributed by atoms with E-state index in [0.717, 1.165) is 10.9 Å². The van der Waals surface area contributed by atoms with E-state index in [-0.39, 0.29) is 5.69 Å². The molecule has 0 spiro atoms. The summed E-state index contributed by atoms with van der Waals surface area (Å²) in [6.07, 6.45) is -0.0767. The number of rotatable bonds is 3. The van der Waals surface area contributed by atoms with Crippen molar-refractivity contribution in [2.75, 3.05) is 0 Å². The summed E-state index contributed by atoms with van der Waals surface area (Å²) in [7, 11) is 0. The summed E-state index contributed by atoms with van der Waals surface area (Å²) in [6, 6.07) is 19.6. The summed E-state index contributed by atoms with van der Waals surface area (Å²) in [5, 5.41) is 1.44. The van der Waals surface area contributed by atoms with Crippen LogP contribution in [0.25, 0.3) is 33.2 Å². The Kier molecular flexibility index (Phi) is 2.85. The minimum atomic E-state index is -2.32. The number of benzene rings is 2. The Hall–Kier alpha value is -3.46. The number of nitrogens with zero attached hydrogens (tertiary/aromatic N) is 2. The SMILES string of the molecule is [2H]C([2H])([2H])c1cc2c(oc3ccc(-c4cc(C([2H])([2H])c5ccccc5)ccn4)cc32)c(C)n1. The molecule has 0 radical (unpaired) electrons. The topological polar surface area (TPSA) is 38.9 Å². The van der Waals surface area contributed by atoms with Gasteiger partial charge in [0.25, 0.3) is 0 Å². The van der Waals surface area contributed by atoms with Crippen molar-refractivity contribution in [3.05, 3.63) is 95.4 Å². The Bertz CT molecular complexity index is 1490. The quantitative estimate of drug-likeness (QED) is 0.377. The predicted octanol–water partition coefficient (Wildman–Crippen LogP) is 6.25. The third kappa shape index (κ3) is 2.95.